The number of carbonyl (C=O) groups excluding carboxylic acids is 1. The first-order valence-corrected chi connectivity index (χ1v) is 10.1. The van der Waals surface area contributed by atoms with Crippen LogP contribution in [0.4, 0.5) is 5.69 Å². The van der Waals surface area contributed by atoms with Crippen LogP contribution in [0.5, 0.6) is 0 Å². The maximum Gasteiger partial charge on any atom is 0.250 e. The molecule has 0 aliphatic carbocycles. The maximum atomic E-state index is 12.5. The molecule has 0 N–H and O–H groups in total. The Bertz CT molecular complexity index is 852. The number of rotatable bonds is 3. The summed E-state index contributed by atoms with van der Waals surface area (Å²) in [5.74, 6) is -0.122. The number of thiophene rings is 1. The van der Waals surface area contributed by atoms with Crippen molar-refractivity contribution in [2.75, 3.05) is 17.7 Å². The number of carbonyl (C=O) groups is 1. The van der Waals surface area contributed by atoms with Crippen LogP contribution in [0.25, 0.3) is 6.08 Å². The number of fused-ring (bicyclic) bond motifs is 1. The van der Waals surface area contributed by atoms with Crippen molar-refractivity contribution in [1.29, 1.82) is 0 Å². The summed E-state index contributed by atoms with van der Waals surface area (Å²) in [4.78, 5) is 14.5. The predicted molar refractivity (Wildman–Crippen MR) is 93.6 cm³/mol. The number of hydrogen-bond acceptors (Lipinski definition) is 4. The lowest BCUT2D eigenvalue weighted by molar-refractivity contribution is -0.114. The van der Waals surface area contributed by atoms with Crippen LogP contribution in [0, 0.1) is 0 Å². The zero-order chi connectivity index (χ0) is 16.4. The van der Waals surface area contributed by atoms with Crippen molar-refractivity contribution in [2.24, 2.45) is 0 Å². The first-order valence-electron chi connectivity index (χ1n) is 7.30. The van der Waals surface area contributed by atoms with E-state index in [1.54, 1.807) is 40.5 Å². The van der Waals surface area contributed by atoms with E-state index in [0.717, 1.165) is 17.5 Å². The van der Waals surface area contributed by atoms with Crippen molar-refractivity contribution in [3.63, 3.8) is 0 Å². The summed E-state index contributed by atoms with van der Waals surface area (Å²) < 4.78 is 23.9. The van der Waals surface area contributed by atoms with Gasteiger partial charge in [0.25, 0.3) is 5.91 Å². The van der Waals surface area contributed by atoms with Gasteiger partial charge >= 0.3 is 0 Å². The van der Waals surface area contributed by atoms with Gasteiger partial charge in [0, 0.05) is 24.6 Å². The average molecular weight is 347 g/mol. The van der Waals surface area contributed by atoms with Gasteiger partial charge in [-0.15, -0.1) is 0 Å². The maximum absolute atomic E-state index is 12.5. The van der Waals surface area contributed by atoms with Gasteiger partial charge in [-0.1, -0.05) is 6.07 Å². The molecule has 0 saturated carbocycles. The smallest absolute Gasteiger partial charge is 0.250 e. The molecule has 2 heterocycles. The van der Waals surface area contributed by atoms with E-state index in [-0.39, 0.29) is 5.91 Å². The van der Waals surface area contributed by atoms with Crippen LogP contribution in [-0.4, -0.2) is 27.1 Å². The van der Waals surface area contributed by atoms with E-state index in [1.165, 1.54) is 6.26 Å². The number of hydrogen-bond donors (Lipinski definition) is 0. The van der Waals surface area contributed by atoms with E-state index in [0.29, 0.717) is 23.5 Å². The summed E-state index contributed by atoms with van der Waals surface area (Å²) in [5, 5.41) is 3.93. The summed E-state index contributed by atoms with van der Waals surface area (Å²) in [6, 6.07) is 7.08. The highest BCUT2D eigenvalue weighted by atomic mass is 32.2. The minimum Gasteiger partial charge on any atom is -0.309 e. The molecule has 0 bridgehead atoms. The van der Waals surface area contributed by atoms with Crippen LogP contribution < -0.4 is 4.90 Å². The Hall–Kier alpha value is -1.92. The molecule has 2 aromatic rings. The second-order valence-corrected chi connectivity index (χ2v) is 8.27. The summed E-state index contributed by atoms with van der Waals surface area (Å²) in [5.41, 5.74) is 2.45. The molecule has 0 radical (unpaired) electrons. The fourth-order valence-corrected chi connectivity index (χ4v) is 4.40. The molecule has 4 nitrogen and oxygen atoms in total. The molecule has 0 atom stereocenters. The number of sulfone groups is 1. The van der Waals surface area contributed by atoms with Crippen molar-refractivity contribution >= 4 is 38.8 Å². The standard InChI is InChI=1S/C17H17NO3S2/c1-23(20,21)16-6-2-5-15-14(16)4-3-10-18(15)17(19)8-7-13-9-11-22-12-13/h2,5-9,11-12H,3-4,10H2,1H3/b8-7-. The second-order valence-electron chi connectivity index (χ2n) is 5.51. The number of anilines is 1. The minimum absolute atomic E-state index is 0.122. The lowest BCUT2D eigenvalue weighted by atomic mass is 10.0. The van der Waals surface area contributed by atoms with E-state index < -0.39 is 9.84 Å². The highest BCUT2D eigenvalue weighted by molar-refractivity contribution is 7.90. The van der Waals surface area contributed by atoms with Gasteiger partial charge in [0.1, 0.15) is 0 Å². The molecule has 3 rings (SSSR count). The lowest BCUT2D eigenvalue weighted by Gasteiger charge is -2.29. The Morgan fingerprint density at radius 2 is 2.13 bits per heavy atom. The van der Waals surface area contributed by atoms with Gasteiger partial charge in [0.15, 0.2) is 9.84 Å². The first-order chi connectivity index (χ1) is 11.0. The quantitative estimate of drug-likeness (QED) is 0.802. The van der Waals surface area contributed by atoms with E-state index in [1.807, 2.05) is 22.9 Å². The number of benzene rings is 1. The molecule has 1 aliphatic rings. The number of amides is 1. The molecule has 0 spiro atoms. The molecular formula is C17H17NO3S2. The van der Waals surface area contributed by atoms with Crippen molar-refractivity contribution in [3.8, 4) is 0 Å². The van der Waals surface area contributed by atoms with Gasteiger partial charge in [-0.3, -0.25) is 4.79 Å². The average Bonchev–Trinajstić information content (AvgIpc) is 3.04. The third kappa shape index (κ3) is 3.38. The Morgan fingerprint density at radius 1 is 1.30 bits per heavy atom. The zero-order valence-corrected chi connectivity index (χ0v) is 14.4. The summed E-state index contributed by atoms with van der Waals surface area (Å²) in [6.07, 6.45) is 5.98. The third-order valence-corrected chi connectivity index (χ3v) is 5.72. The van der Waals surface area contributed by atoms with Crippen LogP contribution in [0.1, 0.15) is 17.5 Å². The normalized spacial score (nSPS) is 14.9. The van der Waals surface area contributed by atoms with E-state index >= 15 is 0 Å². The monoisotopic (exact) mass is 347 g/mol. The van der Waals surface area contributed by atoms with E-state index in [4.69, 9.17) is 0 Å². The van der Waals surface area contributed by atoms with Crippen molar-refractivity contribution in [2.45, 2.75) is 17.7 Å². The highest BCUT2D eigenvalue weighted by Gasteiger charge is 2.25. The van der Waals surface area contributed by atoms with Crippen LogP contribution in [0.3, 0.4) is 0 Å². The van der Waals surface area contributed by atoms with Gasteiger partial charge in [-0.05, 0) is 59.0 Å². The fraction of sp³-hybridized carbons (Fsp3) is 0.235. The Kier molecular flexibility index (Phi) is 4.37. The molecule has 6 heteroatoms. The molecule has 0 saturated heterocycles. The van der Waals surface area contributed by atoms with Crippen molar-refractivity contribution in [1.82, 2.24) is 0 Å². The minimum atomic E-state index is -3.30. The highest BCUT2D eigenvalue weighted by Crippen LogP contribution is 2.32. The lowest BCUT2D eigenvalue weighted by Crippen LogP contribution is -2.34. The van der Waals surface area contributed by atoms with Crippen molar-refractivity contribution < 1.29 is 13.2 Å². The summed E-state index contributed by atoms with van der Waals surface area (Å²) in [6.45, 7) is 0.604. The van der Waals surface area contributed by atoms with Crippen LogP contribution in [0.2, 0.25) is 0 Å². The van der Waals surface area contributed by atoms with Crippen LogP contribution >= 0.6 is 11.3 Å². The van der Waals surface area contributed by atoms with Crippen molar-refractivity contribution in [3.05, 3.63) is 52.2 Å². The third-order valence-electron chi connectivity index (χ3n) is 3.83. The Labute approximate surface area is 140 Å². The molecule has 1 aromatic carbocycles. The molecule has 1 aromatic heterocycles. The molecule has 23 heavy (non-hydrogen) atoms. The fourth-order valence-electron chi connectivity index (χ4n) is 2.80. The first kappa shape index (κ1) is 16.0. The SMILES string of the molecule is CS(=O)(=O)c1cccc2c1CCCN2C(=O)/C=C\c1ccsc1. The van der Waals surface area contributed by atoms with Gasteiger partial charge in [-0.2, -0.15) is 11.3 Å². The Morgan fingerprint density at radius 3 is 2.83 bits per heavy atom. The molecule has 0 unspecified atom stereocenters. The van der Waals surface area contributed by atoms with Gasteiger partial charge in [-0.25, -0.2) is 8.42 Å². The second kappa shape index (κ2) is 6.29. The molecule has 120 valence electrons. The largest absolute Gasteiger partial charge is 0.309 e. The predicted octanol–water partition coefficient (Wildman–Crippen LogP) is 3.14. The van der Waals surface area contributed by atoms with Crippen LogP contribution in [0.15, 0.2) is 46.0 Å². The molecule has 0 fully saturated rings. The summed E-state index contributed by atoms with van der Waals surface area (Å²) >= 11 is 1.58. The molecule has 1 aliphatic heterocycles. The van der Waals surface area contributed by atoms with Gasteiger partial charge < -0.3 is 4.90 Å². The zero-order valence-electron chi connectivity index (χ0n) is 12.7. The Balaban J connectivity index is 1.94. The number of nitrogens with zero attached hydrogens (tertiary/aromatic N) is 1. The molecule has 1 amide bonds. The van der Waals surface area contributed by atoms with Gasteiger partial charge in [0.2, 0.25) is 0 Å². The van der Waals surface area contributed by atoms with E-state index in [2.05, 4.69) is 0 Å². The van der Waals surface area contributed by atoms with Crippen LogP contribution in [-0.2, 0) is 21.1 Å². The van der Waals surface area contributed by atoms with Gasteiger partial charge in [0.05, 0.1) is 4.90 Å². The summed E-state index contributed by atoms with van der Waals surface area (Å²) in [7, 11) is -3.30. The topological polar surface area (TPSA) is 54.5 Å². The van der Waals surface area contributed by atoms with E-state index in [9.17, 15) is 13.2 Å². The molecular weight excluding hydrogens is 330 g/mol.